The van der Waals surface area contributed by atoms with Crippen LogP contribution >= 0.6 is 0 Å². The Labute approximate surface area is 291 Å². The lowest BCUT2D eigenvalue weighted by molar-refractivity contribution is -0.284. The Morgan fingerprint density at radius 3 is 1.47 bits per heavy atom. The highest BCUT2D eigenvalue weighted by Gasteiger charge is 2.47. The van der Waals surface area contributed by atoms with Crippen molar-refractivity contribution in [2.75, 3.05) is 20.3 Å². The van der Waals surface area contributed by atoms with Gasteiger partial charge in [0.25, 0.3) is 0 Å². The van der Waals surface area contributed by atoms with E-state index in [1.54, 1.807) is 7.11 Å². The molecule has 2 fully saturated rings. The molecule has 4 rings (SSSR count). The van der Waals surface area contributed by atoms with Crippen molar-refractivity contribution in [3.8, 4) is 0 Å². The molecule has 9 nitrogen and oxygen atoms in total. The van der Waals surface area contributed by atoms with Crippen molar-refractivity contribution in [1.82, 2.24) is 0 Å². The number of methoxy groups -OCH3 is 1. The highest BCUT2D eigenvalue weighted by molar-refractivity contribution is 5.66. The number of esters is 1. The van der Waals surface area contributed by atoms with Crippen molar-refractivity contribution in [3.63, 3.8) is 0 Å². The highest BCUT2D eigenvalue weighted by Crippen LogP contribution is 2.37. The van der Waals surface area contributed by atoms with Gasteiger partial charge in [-0.05, 0) is 34.8 Å². The molecule has 2 saturated heterocycles. The molecule has 0 amide bonds. The number of halogens is 2. The summed E-state index contributed by atoms with van der Waals surface area (Å²) in [7, 11) is 1.54. The Kier molecular flexibility index (Phi) is 18.8. The molecule has 2 heterocycles. The molecule has 2 aliphatic heterocycles. The molecule has 0 radical (unpaired) electrons. The van der Waals surface area contributed by atoms with Crippen molar-refractivity contribution in [2.45, 2.75) is 117 Å². The zero-order valence-corrected chi connectivity index (χ0v) is 29.0. The molecule has 49 heavy (non-hydrogen) atoms. The molecule has 0 saturated carbocycles. The molecule has 2 aromatic carbocycles. The molecule has 278 valence electrons. The molecule has 0 aromatic heterocycles. The van der Waals surface area contributed by atoms with Gasteiger partial charge < -0.3 is 38.6 Å². The molecule has 0 aliphatic carbocycles. The molecule has 2 aliphatic rings. The zero-order valence-electron chi connectivity index (χ0n) is 29.0. The Balaban J connectivity index is 0.000000334. The van der Waals surface area contributed by atoms with Crippen LogP contribution in [-0.2, 0) is 46.4 Å². The molecule has 12 atom stereocenters. The van der Waals surface area contributed by atoms with Gasteiger partial charge in [-0.3, -0.25) is 4.79 Å². The van der Waals surface area contributed by atoms with Crippen LogP contribution in [-0.4, -0.2) is 85.8 Å². The van der Waals surface area contributed by atoms with Crippen LogP contribution in [0.15, 0.2) is 60.7 Å². The largest absolute Gasteiger partial charge is 0.433 e. The maximum absolute atomic E-state index is 14.3. The summed E-state index contributed by atoms with van der Waals surface area (Å²) in [6, 6.07) is 19.6. The fourth-order valence-electron chi connectivity index (χ4n) is 6.25. The quantitative estimate of drug-likeness (QED) is 0.216. The number of carbonyl (C=O) groups excluding carboxylic acids is 1. The fraction of sp³-hybridized carbons (Fsp3) is 0.658. The standard InChI is InChI=1S/C19H27FO5.C18H27FO4.CH4/c1-12-13(2)18(23-11-15-7-5-4-6-8-15)19(24-14(3)22)25-17(12)16(20)9-10-21;1-12-13(2)17(22-11-14-7-5-4-6-8-14)18(21-3)23-16(12)15(19)9-10-20;/h4-8,12-13,16-19,21H,9-11H2,1-3H3;4-8,12-13,15-18,20H,9-11H2,1-3H3;1H4/t12-,13-,16-,17?,18?,19?;12-,13-,15-,16?,17?,18-;/m00./s1. The molecule has 2 N–H and O–H groups in total. The van der Waals surface area contributed by atoms with Crippen LogP contribution in [0.4, 0.5) is 8.78 Å². The fourth-order valence-corrected chi connectivity index (χ4v) is 6.25. The Morgan fingerprint density at radius 1 is 0.714 bits per heavy atom. The van der Waals surface area contributed by atoms with E-state index in [0.29, 0.717) is 13.2 Å². The molecule has 0 spiro atoms. The van der Waals surface area contributed by atoms with Crippen LogP contribution in [0.3, 0.4) is 0 Å². The van der Waals surface area contributed by atoms with Crippen LogP contribution in [0.5, 0.6) is 0 Å². The maximum atomic E-state index is 14.3. The van der Waals surface area contributed by atoms with Crippen LogP contribution in [0.25, 0.3) is 0 Å². The van der Waals surface area contributed by atoms with Gasteiger partial charge in [0.05, 0.1) is 25.4 Å². The van der Waals surface area contributed by atoms with Gasteiger partial charge in [-0.15, -0.1) is 0 Å². The second-order valence-corrected chi connectivity index (χ2v) is 12.8. The molecule has 11 heteroatoms. The van der Waals surface area contributed by atoms with Gasteiger partial charge in [-0.2, -0.15) is 0 Å². The number of alkyl halides is 2. The first-order valence-corrected chi connectivity index (χ1v) is 16.8. The van der Waals surface area contributed by atoms with Gasteiger partial charge in [-0.1, -0.05) is 95.8 Å². The van der Waals surface area contributed by atoms with Crippen LogP contribution in [0.2, 0.25) is 0 Å². The minimum atomic E-state index is -1.32. The summed E-state index contributed by atoms with van der Waals surface area (Å²) >= 11 is 0. The van der Waals surface area contributed by atoms with Crippen LogP contribution in [0, 0.1) is 23.7 Å². The number of hydrogen-bond acceptors (Lipinski definition) is 9. The van der Waals surface area contributed by atoms with Crippen LogP contribution in [0.1, 0.15) is 66.0 Å². The van der Waals surface area contributed by atoms with E-state index in [4.69, 9.17) is 38.6 Å². The van der Waals surface area contributed by atoms with E-state index < -0.39 is 49.2 Å². The first-order valence-electron chi connectivity index (χ1n) is 16.8. The second kappa shape index (κ2) is 21.6. The summed E-state index contributed by atoms with van der Waals surface area (Å²) < 4.78 is 62.7. The third kappa shape index (κ3) is 12.3. The molecule has 5 unspecified atom stereocenters. The number of carbonyl (C=O) groups is 1. The Morgan fingerprint density at radius 2 is 1.10 bits per heavy atom. The van der Waals surface area contributed by atoms with Gasteiger partial charge in [0.1, 0.15) is 24.6 Å². The van der Waals surface area contributed by atoms with Crippen molar-refractivity contribution in [1.29, 1.82) is 0 Å². The summed E-state index contributed by atoms with van der Waals surface area (Å²) in [5, 5.41) is 17.9. The first-order chi connectivity index (χ1) is 23.0. The van der Waals surface area contributed by atoms with Gasteiger partial charge in [0.2, 0.25) is 6.29 Å². The van der Waals surface area contributed by atoms with E-state index in [1.807, 2.05) is 88.4 Å². The van der Waals surface area contributed by atoms with Crippen molar-refractivity contribution in [2.24, 2.45) is 23.7 Å². The lowest BCUT2D eigenvalue weighted by Gasteiger charge is -2.44. The predicted octanol–water partition coefficient (Wildman–Crippen LogP) is 6.42. The van der Waals surface area contributed by atoms with Crippen molar-refractivity contribution >= 4 is 5.97 Å². The monoisotopic (exact) mass is 696 g/mol. The van der Waals surface area contributed by atoms with Crippen molar-refractivity contribution in [3.05, 3.63) is 71.8 Å². The summed E-state index contributed by atoms with van der Waals surface area (Å²) in [5.41, 5.74) is 2.07. The average Bonchev–Trinajstić information content (AvgIpc) is 3.08. The van der Waals surface area contributed by atoms with Gasteiger partial charge in [0, 0.05) is 40.1 Å². The molecule has 0 bridgehead atoms. The SMILES string of the molecule is C.CC(=O)OC1OC([C@@H](F)CCO)[C@@H](C)[C@H](C)C1OCc1ccccc1.CO[C@H]1OC([C@@H](F)CCO)[C@@H](C)[C@H](C)C1OCc1ccccc1. The van der Waals surface area contributed by atoms with E-state index in [0.717, 1.165) is 11.1 Å². The summed E-state index contributed by atoms with van der Waals surface area (Å²) in [5.74, 6) is -0.669. The van der Waals surface area contributed by atoms with Crippen LogP contribution < -0.4 is 0 Å². The highest BCUT2D eigenvalue weighted by atomic mass is 19.1. The first kappa shape index (κ1) is 42.7. The van der Waals surface area contributed by atoms with Gasteiger partial charge in [0.15, 0.2) is 6.29 Å². The average molecular weight is 697 g/mol. The number of ether oxygens (including phenoxy) is 6. The summed E-state index contributed by atoms with van der Waals surface area (Å²) in [6.07, 6.45) is -6.11. The van der Waals surface area contributed by atoms with Crippen molar-refractivity contribution < 1.29 is 52.2 Å². The molecule has 2 aromatic rings. The van der Waals surface area contributed by atoms with E-state index in [9.17, 15) is 13.6 Å². The van der Waals surface area contributed by atoms with E-state index >= 15 is 0 Å². The van der Waals surface area contributed by atoms with Gasteiger partial charge >= 0.3 is 5.97 Å². The number of hydrogen-bond donors (Lipinski definition) is 2. The topological polar surface area (TPSA) is 113 Å². The number of aliphatic hydroxyl groups excluding tert-OH is 2. The normalized spacial score (nSPS) is 31.0. The van der Waals surface area contributed by atoms with E-state index in [-0.39, 0.29) is 63.3 Å². The van der Waals surface area contributed by atoms with E-state index in [1.165, 1.54) is 6.92 Å². The molecular weight excluding hydrogens is 638 g/mol. The predicted molar refractivity (Wildman–Crippen MR) is 183 cm³/mol. The van der Waals surface area contributed by atoms with E-state index in [2.05, 4.69) is 0 Å². The minimum absolute atomic E-state index is 0. The smallest absolute Gasteiger partial charge is 0.305 e. The third-order valence-electron chi connectivity index (χ3n) is 9.46. The lowest BCUT2D eigenvalue weighted by atomic mass is 9.81. The number of benzene rings is 2. The summed E-state index contributed by atoms with van der Waals surface area (Å²) in [6.45, 7) is 9.49. The summed E-state index contributed by atoms with van der Waals surface area (Å²) in [4.78, 5) is 11.4. The van der Waals surface area contributed by atoms with Gasteiger partial charge in [-0.25, -0.2) is 8.78 Å². The number of aliphatic hydroxyl groups is 2. The second-order valence-electron chi connectivity index (χ2n) is 12.8. The maximum Gasteiger partial charge on any atom is 0.305 e. The third-order valence-corrected chi connectivity index (χ3v) is 9.46. The Hall–Kier alpha value is -2.51. The number of rotatable bonds is 14. The molecular formula is C38H58F2O9. The minimum Gasteiger partial charge on any atom is -0.433 e. The Bertz CT molecular complexity index is 1170. The lowest BCUT2D eigenvalue weighted by Crippen LogP contribution is -2.54. The zero-order chi connectivity index (χ0) is 35.2.